The second-order valence-electron chi connectivity index (χ2n) is 10.7. The minimum absolute atomic E-state index is 0.181. The average molecular weight is 598 g/mol. The normalized spacial score (nSPS) is 15.0. The number of ketones is 1. The Morgan fingerprint density at radius 2 is 1.69 bits per heavy atom. The highest BCUT2D eigenvalue weighted by molar-refractivity contribution is 7.99. The molecule has 2 aromatic carbocycles. The third-order valence-corrected chi connectivity index (χ3v) is 7.33. The fourth-order valence-corrected chi connectivity index (χ4v) is 4.95. The van der Waals surface area contributed by atoms with Gasteiger partial charge in [-0.1, -0.05) is 63.9 Å². The van der Waals surface area contributed by atoms with Gasteiger partial charge in [0.05, 0.1) is 31.7 Å². The topological polar surface area (TPSA) is 89.1 Å². The highest BCUT2D eigenvalue weighted by atomic mass is 32.2. The molecular weight excluding hydrogens is 550 g/mol. The fraction of sp³-hybridized carbons (Fsp3) is 0.455. The molecular formula is C33H47N3O5S. The SMILES string of the molecule is C=C.CC/C(OCCN1CCOCC1)=c1/cccc/c1=C(/C)C(=O)C(=O)Nc1cc(C(C)(C)C)cc(NSC)c1OC. The van der Waals surface area contributed by atoms with Crippen molar-refractivity contribution in [1.29, 1.82) is 0 Å². The minimum Gasteiger partial charge on any atom is -0.496 e. The number of hydrogen-bond donors (Lipinski definition) is 2. The molecule has 1 amide bonds. The van der Waals surface area contributed by atoms with Gasteiger partial charge in [-0.05, 0) is 35.3 Å². The molecule has 3 rings (SSSR count). The second-order valence-corrected chi connectivity index (χ2v) is 11.3. The molecule has 0 aromatic heterocycles. The van der Waals surface area contributed by atoms with E-state index in [-0.39, 0.29) is 5.41 Å². The number of benzene rings is 2. The Morgan fingerprint density at radius 3 is 2.26 bits per heavy atom. The van der Waals surface area contributed by atoms with Gasteiger partial charge in [0.1, 0.15) is 12.4 Å². The van der Waals surface area contributed by atoms with E-state index < -0.39 is 11.7 Å². The molecule has 0 saturated carbocycles. The molecule has 0 atom stereocenters. The molecule has 0 spiro atoms. The third-order valence-electron chi connectivity index (χ3n) is 6.91. The van der Waals surface area contributed by atoms with E-state index in [0.717, 1.165) is 55.1 Å². The predicted octanol–water partition coefficient (Wildman–Crippen LogP) is 4.73. The van der Waals surface area contributed by atoms with Crippen LogP contribution in [0.4, 0.5) is 11.4 Å². The lowest BCUT2D eigenvalue weighted by atomic mass is 9.86. The summed E-state index contributed by atoms with van der Waals surface area (Å²) >= 11 is 1.42. The monoisotopic (exact) mass is 597 g/mol. The Bertz CT molecular complexity index is 1330. The molecule has 230 valence electrons. The molecule has 9 heteroatoms. The summed E-state index contributed by atoms with van der Waals surface area (Å²) in [5, 5.41) is 4.33. The number of nitrogens with one attached hydrogen (secondary N) is 2. The molecule has 1 aliphatic heterocycles. The van der Waals surface area contributed by atoms with Crippen LogP contribution in [0.3, 0.4) is 0 Å². The van der Waals surface area contributed by atoms with E-state index in [2.05, 4.69) is 48.9 Å². The van der Waals surface area contributed by atoms with Crippen LogP contribution in [0.15, 0.2) is 49.6 Å². The van der Waals surface area contributed by atoms with Gasteiger partial charge in [-0.15, -0.1) is 13.2 Å². The van der Waals surface area contributed by atoms with Gasteiger partial charge in [0.2, 0.25) is 5.78 Å². The van der Waals surface area contributed by atoms with Gasteiger partial charge in [-0.25, -0.2) is 0 Å². The lowest BCUT2D eigenvalue weighted by Crippen LogP contribution is -2.38. The Kier molecular flexibility index (Phi) is 14.1. The van der Waals surface area contributed by atoms with Crippen LogP contribution in [0.1, 0.15) is 46.6 Å². The molecule has 1 aliphatic rings. The highest BCUT2D eigenvalue weighted by Gasteiger charge is 2.23. The number of morpholine rings is 1. The maximum absolute atomic E-state index is 13.4. The molecule has 0 aliphatic carbocycles. The minimum atomic E-state index is -0.724. The van der Waals surface area contributed by atoms with E-state index in [1.807, 2.05) is 49.6 Å². The van der Waals surface area contributed by atoms with Crippen molar-refractivity contribution in [2.24, 2.45) is 0 Å². The molecule has 1 fully saturated rings. The van der Waals surface area contributed by atoms with E-state index in [0.29, 0.717) is 35.3 Å². The van der Waals surface area contributed by atoms with Gasteiger partial charge in [-0.3, -0.25) is 14.5 Å². The van der Waals surface area contributed by atoms with Crippen LogP contribution in [0.2, 0.25) is 0 Å². The van der Waals surface area contributed by atoms with Gasteiger partial charge < -0.3 is 24.2 Å². The summed E-state index contributed by atoms with van der Waals surface area (Å²) in [6.45, 7) is 20.6. The Hall–Kier alpha value is -3.27. The van der Waals surface area contributed by atoms with Crippen molar-refractivity contribution in [2.75, 3.05) is 62.9 Å². The standard InChI is InChI=1S/C31H43N3O5S.C2H4/c1-8-27(39-18-15-34-13-16-38-17-14-34)24-12-10-9-11-23(24)21(2)28(35)30(36)32-25-19-22(31(3,4)5)20-26(33-40-7)29(25)37-6;1-2/h9-12,19-20,33H,8,13-18H2,1-7H3,(H,32,36);1-2H2/b23-21+,27-24+;. The molecule has 0 radical (unpaired) electrons. The number of rotatable bonds is 11. The van der Waals surface area contributed by atoms with Gasteiger partial charge in [0.25, 0.3) is 5.91 Å². The molecule has 0 bridgehead atoms. The number of carbonyl (C=O) groups excluding carboxylic acids is 2. The van der Waals surface area contributed by atoms with Crippen LogP contribution in [-0.2, 0) is 24.5 Å². The average Bonchev–Trinajstić information content (AvgIpc) is 2.99. The number of carbonyl (C=O) groups is 2. The van der Waals surface area contributed by atoms with Crippen molar-refractivity contribution >= 4 is 46.3 Å². The number of ether oxygens (including phenoxy) is 3. The van der Waals surface area contributed by atoms with E-state index >= 15 is 0 Å². The number of nitrogens with zero attached hydrogens (tertiary/aromatic N) is 1. The third kappa shape index (κ3) is 9.37. The van der Waals surface area contributed by atoms with Crippen molar-refractivity contribution < 1.29 is 23.8 Å². The maximum atomic E-state index is 13.4. The summed E-state index contributed by atoms with van der Waals surface area (Å²) in [6, 6.07) is 11.4. The first kappa shape index (κ1) is 34.9. The molecule has 8 nitrogen and oxygen atoms in total. The predicted molar refractivity (Wildman–Crippen MR) is 175 cm³/mol. The van der Waals surface area contributed by atoms with Crippen LogP contribution in [0.5, 0.6) is 5.75 Å². The molecule has 42 heavy (non-hydrogen) atoms. The van der Waals surface area contributed by atoms with Crippen molar-refractivity contribution in [3.8, 4) is 5.75 Å². The zero-order valence-electron chi connectivity index (χ0n) is 26.2. The lowest BCUT2D eigenvalue weighted by Gasteiger charge is -2.26. The van der Waals surface area contributed by atoms with E-state index in [1.54, 1.807) is 14.0 Å². The smallest absolute Gasteiger partial charge is 0.296 e. The molecule has 1 saturated heterocycles. The van der Waals surface area contributed by atoms with Crippen LogP contribution >= 0.6 is 11.9 Å². The van der Waals surface area contributed by atoms with Crippen LogP contribution in [0, 0.1) is 0 Å². The molecule has 2 aromatic rings. The van der Waals surface area contributed by atoms with Crippen molar-refractivity contribution in [3.05, 3.63) is 65.6 Å². The summed E-state index contributed by atoms with van der Waals surface area (Å²) < 4.78 is 20.5. The van der Waals surface area contributed by atoms with Crippen LogP contribution in [0.25, 0.3) is 11.3 Å². The molecule has 2 N–H and O–H groups in total. The molecule has 1 heterocycles. The molecule has 0 unspecified atom stereocenters. The van der Waals surface area contributed by atoms with Crippen molar-refractivity contribution in [1.82, 2.24) is 4.90 Å². The van der Waals surface area contributed by atoms with Gasteiger partial charge in [0, 0.05) is 43.1 Å². The van der Waals surface area contributed by atoms with E-state index in [1.165, 1.54) is 11.9 Å². The fourth-order valence-electron chi connectivity index (χ4n) is 4.58. The number of hydrogen-bond acceptors (Lipinski definition) is 8. The maximum Gasteiger partial charge on any atom is 0.296 e. The quantitative estimate of drug-likeness (QED) is 0.218. The first-order valence-corrected chi connectivity index (χ1v) is 15.4. The van der Waals surface area contributed by atoms with Gasteiger partial charge >= 0.3 is 0 Å². The Labute approximate surface area is 255 Å². The zero-order valence-corrected chi connectivity index (χ0v) is 27.0. The Balaban J connectivity index is 0.00000301. The number of Topliss-reactive ketones (excluding diaryl/α,β-unsaturated/α-hetero) is 1. The Morgan fingerprint density at radius 1 is 1.07 bits per heavy atom. The summed E-state index contributed by atoms with van der Waals surface area (Å²) in [7, 11) is 1.55. The first-order valence-electron chi connectivity index (χ1n) is 14.2. The zero-order chi connectivity index (χ0) is 31.3. The summed E-state index contributed by atoms with van der Waals surface area (Å²) in [5.41, 5.74) is 2.34. The number of amides is 1. The number of anilines is 2. The number of methoxy groups -OCH3 is 1. The van der Waals surface area contributed by atoms with Gasteiger partial charge in [-0.2, -0.15) is 0 Å². The summed E-state index contributed by atoms with van der Waals surface area (Å²) in [5.74, 6) is -0.0718. The van der Waals surface area contributed by atoms with Crippen LogP contribution in [-0.4, -0.2) is 69.4 Å². The van der Waals surface area contributed by atoms with Crippen LogP contribution < -0.4 is 25.2 Å². The van der Waals surface area contributed by atoms with Crippen molar-refractivity contribution in [3.63, 3.8) is 0 Å². The second kappa shape index (κ2) is 17.0. The first-order chi connectivity index (χ1) is 20.1. The van der Waals surface area contributed by atoms with Gasteiger partial charge in [0.15, 0.2) is 5.75 Å². The largest absolute Gasteiger partial charge is 0.496 e. The van der Waals surface area contributed by atoms with E-state index in [9.17, 15) is 9.59 Å². The highest BCUT2D eigenvalue weighted by Crippen LogP contribution is 2.39. The van der Waals surface area contributed by atoms with E-state index in [4.69, 9.17) is 14.2 Å². The summed E-state index contributed by atoms with van der Waals surface area (Å²) in [4.78, 5) is 29.1. The summed E-state index contributed by atoms with van der Waals surface area (Å²) in [6.07, 6.45) is 2.57. The lowest BCUT2D eigenvalue weighted by molar-refractivity contribution is -0.131. The van der Waals surface area contributed by atoms with Crippen molar-refractivity contribution in [2.45, 2.75) is 46.5 Å².